The van der Waals surface area contributed by atoms with Gasteiger partial charge in [0.25, 0.3) is 0 Å². The molecule has 0 aliphatic carbocycles. The second-order valence-electron chi connectivity index (χ2n) is 3.70. The Morgan fingerprint density at radius 2 is 2.06 bits per heavy atom. The maximum atomic E-state index is 13.6. The fraction of sp³-hybridized carbons (Fsp3) is 0.538. The van der Waals surface area contributed by atoms with Gasteiger partial charge in [0.2, 0.25) is 0 Å². The quantitative estimate of drug-likeness (QED) is 0.707. The second kappa shape index (κ2) is 8.17. The molecule has 96 valence electrons. The van der Waals surface area contributed by atoms with Crippen LogP contribution in [0.4, 0.5) is 4.39 Å². The number of methoxy groups -OCH3 is 1. The molecule has 3 nitrogen and oxygen atoms in total. The highest BCUT2D eigenvalue weighted by molar-refractivity contribution is 5.21. The molecular formula is C13H20FNO2. The topological polar surface area (TPSA) is 30.5 Å². The van der Waals surface area contributed by atoms with Gasteiger partial charge in [0, 0.05) is 12.7 Å². The summed E-state index contributed by atoms with van der Waals surface area (Å²) in [5, 5.41) is 3.21. The van der Waals surface area contributed by atoms with E-state index in [1.54, 1.807) is 19.2 Å². The van der Waals surface area contributed by atoms with E-state index in [1.165, 1.54) is 6.07 Å². The lowest BCUT2D eigenvalue weighted by Gasteiger charge is -2.19. The van der Waals surface area contributed by atoms with Gasteiger partial charge in [-0.25, -0.2) is 4.39 Å². The van der Waals surface area contributed by atoms with Crippen LogP contribution in [0.15, 0.2) is 24.3 Å². The maximum absolute atomic E-state index is 13.6. The molecule has 0 saturated heterocycles. The third kappa shape index (κ3) is 4.81. The van der Waals surface area contributed by atoms with E-state index in [1.807, 2.05) is 13.0 Å². The molecule has 0 heterocycles. The molecule has 1 unspecified atom stereocenters. The SMILES string of the molecule is CCNC(COCCOC)c1ccccc1F. The smallest absolute Gasteiger partial charge is 0.128 e. The summed E-state index contributed by atoms with van der Waals surface area (Å²) >= 11 is 0. The van der Waals surface area contributed by atoms with E-state index in [4.69, 9.17) is 9.47 Å². The van der Waals surface area contributed by atoms with Crippen LogP contribution in [0.3, 0.4) is 0 Å². The molecule has 0 amide bonds. The average Bonchev–Trinajstić information content (AvgIpc) is 2.34. The van der Waals surface area contributed by atoms with Crippen molar-refractivity contribution in [1.29, 1.82) is 0 Å². The fourth-order valence-corrected chi connectivity index (χ4v) is 1.61. The molecule has 0 radical (unpaired) electrons. The number of rotatable bonds is 8. The van der Waals surface area contributed by atoms with Gasteiger partial charge in [-0.3, -0.25) is 0 Å². The highest BCUT2D eigenvalue weighted by Crippen LogP contribution is 2.16. The molecule has 0 aromatic heterocycles. The summed E-state index contributed by atoms with van der Waals surface area (Å²) in [6.45, 7) is 4.27. The number of halogens is 1. The zero-order chi connectivity index (χ0) is 12.5. The predicted octanol–water partition coefficient (Wildman–Crippen LogP) is 2.14. The number of hydrogen-bond donors (Lipinski definition) is 1. The number of benzene rings is 1. The Hall–Kier alpha value is -0.970. The van der Waals surface area contributed by atoms with Crippen LogP contribution < -0.4 is 5.32 Å². The maximum Gasteiger partial charge on any atom is 0.128 e. The molecular weight excluding hydrogens is 221 g/mol. The average molecular weight is 241 g/mol. The van der Waals surface area contributed by atoms with Crippen LogP contribution in [0.1, 0.15) is 18.5 Å². The summed E-state index contributed by atoms with van der Waals surface area (Å²) in [5.41, 5.74) is 0.645. The van der Waals surface area contributed by atoms with Crippen molar-refractivity contribution in [3.8, 4) is 0 Å². The summed E-state index contributed by atoms with van der Waals surface area (Å²) in [6.07, 6.45) is 0. The van der Waals surface area contributed by atoms with Crippen molar-refractivity contribution in [3.05, 3.63) is 35.6 Å². The molecule has 1 aromatic carbocycles. The second-order valence-corrected chi connectivity index (χ2v) is 3.70. The number of ether oxygens (including phenoxy) is 2. The first-order valence-electron chi connectivity index (χ1n) is 5.84. The number of likely N-dealkylation sites (N-methyl/N-ethyl adjacent to an activating group) is 1. The number of hydrogen-bond acceptors (Lipinski definition) is 3. The third-order valence-corrected chi connectivity index (χ3v) is 2.45. The van der Waals surface area contributed by atoms with Gasteiger partial charge in [0.05, 0.1) is 25.9 Å². The Labute approximate surface area is 102 Å². The molecule has 0 aliphatic heterocycles. The molecule has 1 rings (SSSR count). The minimum Gasteiger partial charge on any atom is -0.382 e. The van der Waals surface area contributed by atoms with E-state index >= 15 is 0 Å². The lowest BCUT2D eigenvalue weighted by Crippen LogP contribution is -2.26. The summed E-state index contributed by atoms with van der Waals surface area (Å²) in [6, 6.07) is 6.65. The van der Waals surface area contributed by atoms with Crippen molar-refractivity contribution in [2.75, 3.05) is 33.5 Å². The highest BCUT2D eigenvalue weighted by atomic mass is 19.1. The first kappa shape index (κ1) is 14.1. The lowest BCUT2D eigenvalue weighted by atomic mass is 10.1. The molecule has 0 bridgehead atoms. The van der Waals surface area contributed by atoms with E-state index < -0.39 is 0 Å². The molecule has 4 heteroatoms. The van der Waals surface area contributed by atoms with E-state index in [0.29, 0.717) is 25.4 Å². The zero-order valence-electron chi connectivity index (χ0n) is 10.4. The standard InChI is InChI=1S/C13H20FNO2/c1-3-15-13(10-17-9-8-16-2)11-6-4-5-7-12(11)14/h4-7,13,15H,3,8-10H2,1-2H3. The van der Waals surface area contributed by atoms with Gasteiger partial charge in [-0.2, -0.15) is 0 Å². The highest BCUT2D eigenvalue weighted by Gasteiger charge is 2.14. The zero-order valence-corrected chi connectivity index (χ0v) is 10.4. The number of nitrogens with one attached hydrogen (secondary N) is 1. The first-order chi connectivity index (χ1) is 8.29. The van der Waals surface area contributed by atoms with Gasteiger partial charge >= 0.3 is 0 Å². The van der Waals surface area contributed by atoms with Crippen LogP contribution in [-0.4, -0.2) is 33.5 Å². The fourth-order valence-electron chi connectivity index (χ4n) is 1.61. The van der Waals surface area contributed by atoms with E-state index in [2.05, 4.69) is 5.32 Å². The third-order valence-electron chi connectivity index (χ3n) is 2.45. The van der Waals surface area contributed by atoms with Gasteiger partial charge in [-0.1, -0.05) is 25.1 Å². The largest absolute Gasteiger partial charge is 0.382 e. The van der Waals surface area contributed by atoms with Crippen molar-refractivity contribution >= 4 is 0 Å². The minimum atomic E-state index is -0.200. The Balaban J connectivity index is 2.56. The van der Waals surface area contributed by atoms with Crippen LogP contribution in [0.5, 0.6) is 0 Å². The van der Waals surface area contributed by atoms with Gasteiger partial charge in [0.1, 0.15) is 5.82 Å². The molecule has 0 fully saturated rings. The van der Waals surface area contributed by atoms with Crippen molar-refractivity contribution < 1.29 is 13.9 Å². The normalized spacial score (nSPS) is 12.6. The van der Waals surface area contributed by atoms with E-state index in [0.717, 1.165) is 6.54 Å². The summed E-state index contributed by atoms with van der Waals surface area (Å²) < 4.78 is 24.0. The molecule has 0 aliphatic rings. The van der Waals surface area contributed by atoms with Crippen molar-refractivity contribution in [3.63, 3.8) is 0 Å². The van der Waals surface area contributed by atoms with Crippen LogP contribution in [0.25, 0.3) is 0 Å². The Bertz CT molecular complexity index is 320. The molecule has 17 heavy (non-hydrogen) atoms. The summed E-state index contributed by atoms with van der Waals surface area (Å²) in [7, 11) is 1.63. The summed E-state index contributed by atoms with van der Waals surface area (Å²) in [5.74, 6) is -0.200. The van der Waals surface area contributed by atoms with Gasteiger partial charge in [0.15, 0.2) is 0 Å². The Morgan fingerprint density at radius 3 is 2.71 bits per heavy atom. The van der Waals surface area contributed by atoms with Crippen molar-refractivity contribution in [2.45, 2.75) is 13.0 Å². The molecule has 1 N–H and O–H groups in total. The molecule has 0 saturated carbocycles. The molecule has 0 spiro atoms. The van der Waals surface area contributed by atoms with E-state index in [-0.39, 0.29) is 11.9 Å². The van der Waals surface area contributed by atoms with Crippen molar-refractivity contribution in [1.82, 2.24) is 5.32 Å². The Morgan fingerprint density at radius 1 is 1.29 bits per heavy atom. The molecule has 1 atom stereocenters. The first-order valence-corrected chi connectivity index (χ1v) is 5.84. The van der Waals surface area contributed by atoms with Gasteiger partial charge in [-0.05, 0) is 12.6 Å². The molecule has 1 aromatic rings. The van der Waals surface area contributed by atoms with Gasteiger partial charge < -0.3 is 14.8 Å². The monoisotopic (exact) mass is 241 g/mol. The van der Waals surface area contributed by atoms with E-state index in [9.17, 15) is 4.39 Å². The minimum absolute atomic E-state index is 0.113. The Kier molecular flexibility index (Phi) is 6.77. The van der Waals surface area contributed by atoms with Crippen LogP contribution in [0.2, 0.25) is 0 Å². The van der Waals surface area contributed by atoms with Crippen molar-refractivity contribution in [2.24, 2.45) is 0 Å². The predicted molar refractivity (Wildman–Crippen MR) is 65.5 cm³/mol. The van der Waals surface area contributed by atoms with Crippen LogP contribution >= 0.6 is 0 Å². The van der Waals surface area contributed by atoms with Gasteiger partial charge in [-0.15, -0.1) is 0 Å². The summed E-state index contributed by atoms with van der Waals surface area (Å²) in [4.78, 5) is 0. The van der Waals surface area contributed by atoms with Crippen LogP contribution in [-0.2, 0) is 9.47 Å². The van der Waals surface area contributed by atoms with Crippen LogP contribution in [0, 0.1) is 5.82 Å². The lowest BCUT2D eigenvalue weighted by molar-refractivity contribution is 0.0583.